The molecular formula is C20H29N5O6. The van der Waals surface area contributed by atoms with E-state index in [1.165, 1.54) is 35.9 Å². The Morgan fingerprint density at radius 1 is 1.26 bits per heavy atom. The number of carbonyl (C=O) groups is 4. The Kier molecular flexibility index (Phi) is 10.7. The minimum atomic E-state index is -1.11. The fraction of sp³-hybridized carbons (Fsp3) is 0.450. The Balaban J connectivity index is 2.82. The van der Waals surface area contributed by atoms with Gasteiger partial charge in [-0.25, -0.2) is 4.79 Å². The van der Waals surface area contributed by atoms with Gasteiger partial charge in [0, 0.05) is 32.3 Å². The lowest BCUT2D eigenvalue weighted by molar-refractivity contribution is -0.131. The van der Waals surface area contributed by atoms with Gasteiger partial charge in [-0.3, -0.25) is 19.2 Å². The number of nitrogens with one attached hydrogen (secondary N) is 3. The van der Waals surface area contributed by atoms with E-state index in [2.05, 4.69) is 16.0 Å². The minimum absolute atomic E-state index is 0.0370. The molecule has 0 aromatic carbocycles. The lowest BCUT2D eigenvalue weighted by Crippen LogP contribution is -2.44. The van der Waals surface area contributed by atoms with Crippen molar-refractivity contribution in [2.75, 3.05) is 32.5 Å². The van der Waals surface area contributed by atoms with E-state index >= 15 is 0 Å². The van der Waals surface area contributed by atoms with Crippen LogP contribution >= 0.6 is 0 Å². The smallest absolute Gasteiger partial charge is 0.327 e. The van der Waals surface area contributed by atoms with Gasteiger partial charge in [0.25, 0.3) is 5.56 Å². The number of allylic oxidation sites excluding steroid dienone is 1. The summed E-state index contributed by atoms with van der Waals surface area (Å²) in [5.41, 5.74) is -0.601. The molecule has 1 aromatic heterocycles. The average Bonchev–Trinajstić information content (AvgIpc) is 2.66. The number of rotatable bonds is 12. The van der Waals surface area contributed by atoms with Crippen molar-refractivity contribution in [2.24, 2.45) is 0 Å². The zero-order valence-electron chi connectivity index (χ0n) is 17.9. The number of hydrogen-bond donors (Lipinski definition) is 4. The molecule has 0 aliphatic carbocycles. The lowest BCUT2D eigenvalue weighted by Gasteiger charge is -2.17. The van der Waals surface area contributed by atoms with Gasteiger partial charge in [-0.1, -0.05) is 6.08 Å². The van der Waals surface area contributed by atoms with Gasteiger partial charge in [0.15, 0.2) is 0 Å². The van der Waals surface area contributed by atoms with Gasteiger partial charge in [-0.2, -0.15) is 0 Å². The van der Waals surface area contributed by atoms with E-state index in [1.807, 2.05) is 19.0 Å². The number of carboxylic acids is 1. The summed E-state index contributed by atoms with van der Waals surface area (Å²) in [6.07, 6.45) is 4.13. The number of anilines is 1. The molecule has 0 radical (unpaired) electrons. The highest BCUT2D eigenvalue weighted by Crippen LogP contribution is 2.05. The number of aliphatic carboxylic acids is 1. The molecule has 1 aromatic rings. The number of aromatic nitrogens is 1. The zero-order chi connectivity index (χ0) is 23.4. The first kappa shape index (κ1) is 25.6. The molecule has 0 aliphatic rings. The molecule has 1 atom stereocenters. The predicted octanol–water partition coefficient (Wildman–Crippen LogP) is -0.610. The largest absolute Gasteiger partial charge is 0.478 e. The topological polar surface area (TPSA) is 150 Å². The fourth-order valence-electron chi connectivity index (χ4n) is 2.57. The Morgan fingerprint density at radius 3 is 2.58 bits per heavy atom. The summed E-state index contributed by atoms with van der Waals surface area (Å²) in [6, 6.07) is 1.96. The van der Waals surface area contributed by atoms with Gasteiger partial charge in [0.2, 0.25) is 17.7 Å². The number of pyridine rings is 1. The number of amides is 3. The highest BCUT2D eigenvalue weighted by molar-refractivity contribution is 5.96. The van der Waals surface area contributed by atoms with E-state index in [1.54, 1.807) is 0 Å². The second-order valence-electron chi connectivity index (χ2n) is 7.07. The van der Waals surface area contributed by atoms with Gasteiger partial charge in [0.05, 0.1) is 0 Å². The van der Waals surface area contributed by atoms with Crippen LogP contribution < -0.4 is 21.5 Å². The Labute approximate surface area is 180 Å². The van der Waals surface area contributed by atoms with Crippen molar-refractivity contribution >= 4 is 29.4 Å². The molecule has 4 N–H and O–H groups in total. The van der Waals surface area contributed by atoms with Crippen LogP contribution in [0, 0.1) is 0 Å². The maximum atomic E-state index is 12.6. The molecule has 0 fully saturated rings. The molecule has 0 bridgehead atoms. The number of carboxylic acid groups (broad SMARTS) is 1. The monoisotopic (exact) mass is 435 g/mol. The van der Waals surface area contributed by atoms with Gasteiger partial charge in [0.1, 0.15) is 18.3 Å². The molecule has 0 spiro atoms. The van der Waals surface area contributed by atoms with Crippen molar-refractivity contribution in [2.45, 2.75) is 32.4 Å². The van der Waals surface area contributed by atoms with Crippen LogP contribution in [0.2, 0.25) is 0 Å². The third-order valence-electron chi connectivity index (χ3n) is 4.05. The van der Waals surface area contributed by atoms with Gasteiger partial charge >= 0.3 is 5.97 Å². The van der Waals surface area contributed by atoms with Gasteiger partial charge < -0.3 is 30.5 Å². The van der Waals surface area contributed by atoms with Crippen molar-refractivity contribution in [3.05, 3.63) is 40.8 Å². The van der Waals surface area contributed by atoms with E-state index in [4.69, 9.17) is 5.11 Å². The van der Waals surface area contributed by atoms with Crippen molar-refractivity contribution in [1.29, 1.82) is 0 Å². The molecule has 0 saturated heterocycles. The molecular weight excluding hydrogens is 406 g/mol. The Hall–Kier alpha value is -3.47. The number of hydrogen-bond acceptors (Lipinski definition) is 6. The summed E-state index contributed by atoms with van der Waals surface area (Å²) < 4.78 is 1.17. The van der Waals surface area contributed by atoms with Crippen LogP contribution in [0.4, 0.5) is 5.69 Å². The molecule has 0 aliphatic heterocycles. The zero-order valence-corrected chi connectivity index (χ0v) is 17.9. The average molecular weight is 435 g/mol. The van der Waals surface area contributed by atoms with Crippen LogP contribution in [0.5, 0.6) is 0 Å². The van der Waals surface area contributed by atoms with Crippen molar-refractivity contribution in [3.8, 4) is 0 Å². The summed E-state index contributed by atoms with van der Waals surface area (Å²) >= 11 is 0. The maximum Gasteiger partial charge on any atom is 0.327 e. The molecule has 0 saturated carbocycles. The molecule has 170 valence electrons. The highest BCUT2D eigenvalue weighted by Gasteiger charge is 2.20. The van der Waals surface area contributed by atoms with Gasteiger partial charge in [-0.05, 0) is 39.1 Å². The first-order chi connectivity index (χ1) is 14.6. The summed E-state index contributed by atoms with van der Waals surface area (Å²) in [5.74, 6) is -2.52. The molecule has 1 heterocycles. The predicted molar refractivity (Wildman–Crippen MR) is 115 cm³/mol. The summed E-state index contributed by atoms with van der Waals surface area (Å²) in [5, 5.41) is 16.3. The number of nitrogens with zero attached hydrogens (tertiary/aromatic N) is 2. The second kappa shape index (κ2) is 13.0. The van der Waals surface area contributed by atoms with Crippen LogP contribution in [0.25, 0.3) is 0 Å². The first-order valence-corrected chi connectivity index (χ1v) is 9.68. The molecule has 3 amide bonds. The summed E-state index contributed by atoms with van der Waals surface area (Å²) in [4.78, 5) is 61.0. The Bertz CT molecular complexity index is 877. The normalized spacial score (nSPS) is 11.9. The third-order valence-corrected chi connectivity index (χ3v) is 4.05. The van der Waals surface area contributed by atoms with Crippen molar-refractivity contribution in [1.82, 2.24) is 20.1 Å². The van der Waals surface area contributed by atoms with Crippen molar-refractivity contribution in [3.63, 3.8) is 0 Å². The first-order valence-electron chi connectivity index (χ1n) is 9.68. The van der Waals surface area contributed by atoms with E-state index in [-0.39, 0.29) is 31.0 Å². The van der Waals surface area contributed by atoms with Crippen LogP contribution in [0.3, 0.4) is 0 Å². The highest BCUT2D eigenvalue weighted by atomic mass is 16.4. The second-order valence-corrected chi connectivity index (χ2v) is 7.07. The molecule has 1 unspecified atom stereocenters. The lowest BCUT2D eigenvalue weighted by atomic mass is 10.1. The van der Waals surface area contributed by atoms with Crippen LogP contribution in [-0.2, 0) is 25.7 Å². The Morgan fingerprint density at radius 2 is 1.97 bits per heavy atom. The third kappa shape index (κ3) is 10.2. The van der Waals surface area contributed by atoms with E-state index in [9.17, 15) is 24.0 Å². The van der Waals surface area contributed by atoms with E-state index < -0.39 is 29.4 Å². The SMILES string of the molecule is CC(=O)NC(CCC=CC(=O)O)C(=O)Nc1cccn(CC(=O)NCCN(C)C)c1=O. The molecule has 11 heteroatoms. The quantitative estimate of drug-likeness (QED) is 0.320. The van der Waals surface area contributed by atoms with E-state index in [0.29, 0.717) is 13.1 Å². The van der Waals surface area contributed by atoms with E-state index in [0.717, 1.165) is 6.08 Å². The van der Waals surface area contributed by atoms with Crippen LogP contribution in [0.1, 0.15) is 19.8 Å². The summed E-state index contributed by atoms with van der Waals surface area (Å²) in [7, 11) is 3.75. The number of carbonyl (C=O) groups excluding carboxylic acids is 3. The fourth-order valence-corrected chi connectivity index (χ4v) is 2.57. The number of likely N-dealkylation sites (N-methyl/N-ethyl adjacent to an activating group) is 1. The summed E-state index contributed by atoms with van der Waals surface area (Å²) in [6.45, 7) is 2.14. The molecule has 1 rings (SSSR count). The molecule has 31 heavy (non-hydrogen) atoms. The minimum Gasteiger partial charge on any atom is -0.478 e. The van der Waals surface area contributed by atoms with Gasteiger partial charge in [-0.15, -0.1) is 0 Å². The molecule has 11 nitrogen and oxygen atoms in total. The van der Waals surface area contributed by atoms with Crippen LogP contribution in [-0.4, -0.2) is 71.5 Å². The van der Waals surface area contributed by atoms with Crippen LogP contribution in [0.15, 0.2) is 35.3 Å². The standard InChI is InChI=1S/C20H29N5O6/c1-14(26)22-15(7-4-5-9-18(28)29)19(30)23-16-8-6-11-25(20(16)31)13-17(27)21-10-12-24(2)3/h5-6,8-9,11,15H,4,7,10,12-13H2,1-3H3,(H,21,27)(H,22,26)(H,23,30)(H,28,29). The van der Waals surface area contributed by atoms with Crippen molar-refractivity contribution < 1.29 is 24.3 Å². The maximum absolute atomic E-state index is 12.6.